The van der Waals surface area contributed by atoms with Gasteiger partial charge in [-0.15, -0.1) is 11.8 Å². The first-order valence-corrected chi connectivity index (χ1v) is 8.45. The third-order valence-electron chi connectivity index (χ3n) is 3.58. The van der Waals surface area contributed by atoms with E-state index in [1.54, 1.807) is 6.92 Å². The molecule has 0 rings (SSSR count). The average Bonchev–Trinajstić information content (AvgIpc) is 2.32. The average molecular weight is 310 g/mol. The summed E-state index contributed by atoms with van der Waals surface area (Å²) in [6, 6.07) is 0. The van der Waals surface area contributed by atoms with Crippen molar-refractivity contribution in [1.29, 1.82) is 0 Å². The number of aliphatic carboxylic acids is 1. The lowest BCUT2D eigenvalue weighted by Crippen LogP contribution is -2.40. The lowest BCUT2D eigenvalue weighted by molar-refractivity contribution is -0.141. The van der Waals surface area contributed by atoms with Crippen LogP contribution in [0.15, 0.2) is 0 Å². The first-order valence-electron chi connectivity index (χ1n) is 7.47. The van der Waals surface area contributed by atoms with Gasteiger partial charge in [0.05, 0.1) is 0 Å². The zero-order chi connectivity index (χ0) is 15.8. The number of thioether (sulfide) groups is 1. The van der Waals surface area contributed by atoms with E-state index in [-0.39, 0.29) is 18.8 Å². The van der Waals surface area contributed by atoms with Gasteiger partial charge in [-0.05, 0) is 24.5 Å². The summed E-state index contributed by atoms with van der Waals surface area (Å²) in [5, 5.41) is 9.50. The number of hydrogen-bond donors (Lipinski definition) is 1. The van der Waals surface area contributed by atoms with Crippen LogP contribution in [0.4, 0.5) is 8.78 Å². The molecule has 0 aromatic carbocycles. The quantitative estimate of drug-likeness (QED) is 0.532. The minimum absolute atomic E-state index is 0.0129. The molecule has 0 saturated carbocycles. The van der Waals surface area contributed by atoms with Crippen LogP contribution in [-0.4, -0.2) is 27.5 Å². The van der Waals surface area contributed by atoms with Crippen LogP contribution in [0.5, 0.6) is 0 Å². The standard InChI is InChI=1S/C15H28F2O2S/c1-5-8-14(16,17)10-7-11-20-15(9-6-2,12(3)4)13(18)19/h12H,5-11H2,1-4H3,(H,18,19). The monoisotopic (exact) mass is 310 g/mol. The Morgan fingerprint density at radius 1 is 1.15 bits per heavy atom. The van der Waals surface area contributed by atoms with Crippen LogP contribution in [0.3, 0.4) is 0 Å². The fourth-order valence-corrected chi connectivity index (χ4v) is 3.85. The van der Waals surface area contributed by atoms with Gasteiger partial charge in [-0.1, -0.05) is 40.5 Å². The van der Waals surface area contributed by atoms with Gasteiger partial charge in [0, 0.05) is 12.8 Å². The largest absolute Gasteiger partial charge is 0.480 e. The Hall–Kier alpha value is -0.320. The molecule has 0 bridgehead atoms. The third kappa shape index (κ3) is 5.98. The van der Waals surface area contributed by atoms with Crippen molar-refractivity contribution in [2.75, 3.05) is 5.75 Å². The third-order valence-corrected chi connectivity index (χ3v) is 5.44. The number of carboxylic acid groups (broad SMARTS) is 1. The first kappa shape index (κ1) is 19.7. The van der Waals surface area contributed by atoms with Crippen LogP contribution in [0.25, 0.3) is 0 Å². The molecule has 1 unspecified atom stereocenters. The maximum Gasteiger partial charge on any atom is 0.320 e. The first-order chi connectivity index (χ1) is 9.22. The summed E-state index contributed by atoms with van der Waals surface area (Å²) in [7, 11) is 0. The van der Waals surface area contributed by atoms with Gasteiger partial charge >= 0.3 is 5.97 Å². The van der Waals surface area contributed by atoms with Crippen LogP contribution in [0, 0.1) is 5.92 Å². The molecule has 0 amide bonds. The van der Waals surface area contributed by atoms with Crippen LogP contribution >= 0.6 is 11.8 Å². The molecule has 0 spiro atoms. The van der Waals surface area contributed by atoms with E-state index in [2.05, 4.69) is 0 Å². The van der Waals surface area contributed by atoms with Crippen molar-refractivity contribution in [1.82, 2.24) is 0 Å². The van der Waals surface area contributed by atoms with Crippen LogP contribution in [0.1, 0.15) is 66.2 Å². The molecule has 120 valence electrons. The number of carboxylic acids is 1. The Morgan fingerprint density at radius 3 is 2.10 bits per heavy atom. The van der Waals surface area contributed by atoms with Crippen LogP contribution in [-0.2, 0) is 4.79 Å². The Kier molecular flexibility index (Phi) is 8.71. The van der Waals surface area contributed by atoms with Gasteiger partial charge in [-0.25, -0.2) is 8.78 Å². The Morgan fingerprint density at radius 2 is 1.70 bits per heavy atom. The maximum absolute atomic E-state index is 13.4. The molecule has 1 N–H and O–H groups in total. The van der Waals surface area contributed by atoms with Gasteiger partial charge in [0.15, 0.2) is 0 Å². The normalized spacial score (nSPS) is 15.3. The van der Waals surface area contributed by atoms with E-state index >= 15 is 0 Å². The van der Waals surface area contributed by atoms with Crippen LogP contribution < -0.4 is 0 Å². The summed E-state index contributed by atoms with van der Waals surface area (Å²) in [6.45, 7) is 7.49. The number of hydrogen-bond acceptors (Lipinski definition) is 2. The highest BCUT2D eigenvalue weighted by Crippen LogP contribution is 2.39. The summed E-state index contributed by atoms with van der Waals surface area (Å²) in [6.07, 6.45) is 1.97. The predicted octanol–water partition coefficient (Wildman–Crippen LogP) is 5.21. The molecule has 5 heteroatoms. The second-order valence-corrected chi connectivity index (χ2v) is 7.08. The SMILES string of the molecule is CCCC(F)(F)CCCSC(CCC)(C(=O)O)C(C)C. The van der Waals surface area contributed by atoms with Gasteiger partial charge in [0.1, 0.15) is 4.75 Å². The van der Waals surface area contributed by atoms with Crippen molar-refractivity contribution in [3.05, 3.63) is 0 Å². The molecular formula is C15H28F2O2S. The van der Waals surface area contributed by atoms with E-state index < -0.39 is 16.6 Å². The molecule has 20 heavy (non-hydrogen) atoms. The Balaban J connectivity index is 4.45. The lowest BCUT2D eigenvalue weighted by atomic mass is 9.90. The van der Waals surface area contributed by atoms with E-state index in [1.807, 2.05) is 20.8 Å². The smallest absolute Gasteiger partial charge is 0.320 e. The molecule has 1 atom stereocenters. The van der Waals surface area contributed by atoms with Crippen molar-refractivity contribution < 1.29 is 18.7 Å². The summed E-state index contributed by atoms with van der Waals surface area (Å²) in [5.41, 5.74) is 0. The Bertz CT molecular complexity index is 296. The van der Waals surface area contributed by atoms with E-state index in [1.165, 1.54) is 11.8 Å². The summed E-state index contributed by atoms with van der Waals surface area (Å²) in [4.78, 5) is 11.6. The van der Waals surface area contributed by atoms with Crippen molar-refractivity contribution in [3.63, 3.8) is 0 Å². The van der Waals surface area contributed by atoms with E-state index in [9.17, 15) is 18.7 Å². The zero-order valence-electron chi connectivity index (χ0n) is 13.0. The number of carbonyl (C=O) groups is 1. The molecule has 0 fully saturated rings. The molecule has 0 aromatic rings. The second kappa shape index (κ2) is 8.85. The molecule has 0 aromatic heterocycles. The highest BCUT2D eigenvalue weighted by atomic mass is 32.2. The summed E-state index contributed by atoms with van der Waals surface area (Å²) >= 11 is 1.34. The van der Waals surface area contributed by atoms with Crippen molar-refractivity contribution in [2.24, 2.45) is 5.92 Å². The fourth-order valence-electron chi connectivity index (χ4n) is 2.39. The van der Waals surface area contributed by atoms with Gasteiger partial charge in [-0.2, -0.15) is 0 Å². The number of alkyl halides is 2. The van der Waals surface area contributed by atoms with Crippen molar-refractivity contribution in [2.45, 2.75) is 76.9 Å². The Labute approximate surface area is 125 Å². The molecule has 0 saturated heterocycles. The van der Waals surface area contributed by atoms with E-state index in [0.717, 1.165) is 6.42 Å². The minimum Gasteiger partial charge on any atom is -0.480 e. The fraction of sp³-hybridized carbons (Fsp3) is 0.933. The van der Waals surface area contributed by atoms with Gasteiger partial charge in [0.2, 0.25) is 5.92 Å². The number of rotatable bonds is 11. The molecule has 0 heterocycles. The lowest BCUT2D eigenvalue weighted by Gasteiger charge is -2.32. The van der Waals surface area contributed by atoms with Crippen molar-refractivity contribution >= 4 is 17.7 Å². The molecular weight excluding hydrogens is 282 g/mol. The predicted molar refractivity (Wildman–Crippen MR) is 81.7 cm³/mol. The van der Waals surface area contributed by atoms with Gasteiger partial charge in [-0.3, -0.25) is 4.79 Å². The molecule has 2 nitrogen and oxygen atoms in total. The molecule has 0 aliphatic rings. The highest BCUT2D eigenvalue weighted by molar-refractivity contribution is 8.01. The molecule has 0 aliphatic carbocycles. The highest BCUT2D eigenvalue weighted by Gasteiger charge is 2.41. The number of halogens is 2. The van der Waals surface area contributed by atoms with E-state index in [0.29, 0.717) is 25.0 Å². The minimum atomic E-state index is -2.61. The maximum atomic E-state index is 13.4. The molecule has 0 aliphatic heterocycles. The van der Waals surface area contributed by atoms with Gasteiger partial charge < -0.3 is 5.11 Å². The van der Waals surface area contributed by atoms with Gasteiger partial charge in [0.25, 0.3) is 0 Å². The zero-order valence-corrected chi connectivity index (χ0v) is 13.9. The molecule has 0 radical (unpaired) electrons. The second-order valence-electron chi connectivity index (χ2n) is 5.66. The summed E-state index contributed by atoms with van der Waals surface area (Å²) in [5.74, 6) is -2.96. The topological polar surface area (TPSA) is 37.3 Å². The van der Waals surface area contributed by atoms with Crippen molar-refractivity contribution in [3.8, 4) is 0 Å². The van der Waals surface area contributed by atoms with E-state index in [4.69, 9.17) is 0 Å². The summed E-state index contributed by atoms with van der Waals surface area (Å²) < 4.78 is 25.9. The van der Waals surface area contributed by atoms with Crippen LogP contribution in [0.2, 0.25) is 0 Å².